The predicted octanol–water partition coefficient (Wildman–Crippen LogP) is 0.323. The third-order valence-corrected chi connectivity index (χ3v) is 2.31. The van der Waals surface area contributed by atoms with Gasteiger partial charge < -0.3 is 11.5 Å². The van der Waals surface area contributed by atoms with Crippen molar-refractivity contribution < 1.29 is 4.79 Å². The smallest absolute Gasteiger partial charge is 0.231 e. The quantitative estimate of drug-likeness (QED) is 0.696. The Labute approximate surface area is 96.2 Å². The van der Waals surface area contributed by atoms with Crippen molar-refractivity contribution in [2.45, 2.75) is 13.0 Å². The van der Waals surface area contributed by atoms with Gasteiger partial charge in [-0.05, 0) is 18.5 Å². The first kappa shape index (κ1) is 12.7. The van der Waals surface area contributed by atoms with E-state index in [-0.39, 0.29) is 12.5 Å². The second-order valence-corrected chi connectivity index (χ2v) is 3.80. The highest BCUT2D eigenvalue weighted by molar-refractivity contribution is 5.75. The molecular weight excluding hydrogens is 202 g/mol. The summed E-state index contributed by atoms with van der Waals surface area (Å²) in [6.07, 6.45) is 0.875. The summed E-state index contributed by atoms with van der Waals surface area (Å²) in [6, 6.07) is 10.0. The number of hydrogen-bond acceptors (Lipinski definition) is 3. The predicted molar refractivity (Wildman–Crippen MR) is 64.6 cm³/mol. The largest absolute Gasteiger partial charge is 0.369 e. The number of carbonyl (C=O) groups excluding carboxylic acids is 1. The molecule has 1 aromatic rings. The number of amides is 1. The van der Waals surface area contributed by atoms with E-state index in [1.807, 2.05) is 35.2 Å². The number of nitrogens with two attached hydrogens (primary N) is 2. The Hall–Kier alpha value is -1.39. The Bertz CT molecular complexity index is 313. The van der Waals surface area contributed by atoms with Crippen molar-refractivity contribution in [3.63, 3.8) is 0 Å². The minimum atomic E-state index is -0.298. The van der Waals surface area contributed by atoms with Gasteiger partial charge in [0.05, 0.1) is 6.54 Å². The minimum absolute atomic E-state index is 0.287. The second kappa shape index (κ2) is 6.98. The lowest BCUT2D eigenvalue weighted by atomic mass is 10.2. The summed E-state index contributed by atoms with van der Waals surface area (Å²) in [5, 5.41) is 0. The zero-order valence-corrected chi connectivity index (χ0v) is 9.43. The third kappa shape index (κ3) is 4.91. The summed E-state index contributed by atoms with van der Waals surface area (Å²) in [5.41, 5.74) is 11.8. The zero-order chi connectivity index (χ0) is 11.8. The first-order chi connectivity index (χ1) is 7.72. The third-order valence-electron chi connectivity index (χ3n) is 2.31. The van der Waals surface area contributed by atoms with Crippen LogP contribution in [0.5, 0.6) is 0 Å². The van der Waals surface area contributed by atoms with Gasteiger partial charge >= 0.3 is 0 Å². The summed E-state index contributed by atoms with van der Waals surface area (Å²) in [6.45, 7) is 2.46. The fourth-order valence-electron chi connectivity index (χ4n) is 1.59. The lowest BCUT2D eigenvalue weighted by molar-refractivity contribution is -0.119. The number of primary amides is 1. The number of nitrogens with zero attached hydrogens (tertiary/aromatic N) is 1. The average molecular weight is 221 g/mol. The number of carbonyl (C=O) groups is 1. The normalized spacial score (nSPS) is 10.6. The molecule has 88 valence electrons. The molecule has 0 atom stereocenters. The van der Waals surface area contributed by atoms with Crippen LogP contribution in [0.3, 0.4) is 0 Å². The lowest BCUT2D eigenvalue weighted by Crippen LogP contribution is -2.34. The van der Waals surface area contributed by atoms with Gasteiger partial charge in [0, 0.05) is 13.1 Å². The Morgan fingerprint density at radius 3 is 2.50 bits per heavy atom. The highest BCUT2D eigenvalue weighted by Gasteiger charge is 2.08. The molecule has 0 aliphatic carbocycles. The van der Waals surface area contributed by atoms with Crippen LogP contribution >= 0.6 is 0 Å². The molecule has 1 amide bonds. The van der Waals surface area contributed by atoms with Crippen molar-refractivity contribution in [1.82, 2.24) is 4.90 Å². The molecule has 0 heterocycles. The van der Waals surface area contributed by atoms with Crippen LogP contribution in [-0.4, -0.2) is 30.4 Å². The highest BCUT2D eigenvalue weighted by Crippen LogP contribution is 2.04. The van der Waals surface area contributed by atoms with Crippen molar-refractivity contribution in [3.05, 3.63) is 35.9 Å². The molecule has 0 aromatic heterocycles. The summed E-state index contributed by atoms with van der Waals surface area (Å²) in [7, 11) is 0. The summed E-state index contributed by atoms with van der Waals surface area (Å²) < 4.78 is 0. The van der Waals surface area contributed by atoms with Gasteiger partial charge in [-0.25, -0.2) is 0 Å². The first-order valence-corrected chi connectivity index (χ1v) is 5.47. The van der Waals surface area contributed by atoms with Gasteiger partial charge in [-0.2, -0.15) is 0 Å². The average Bonchev–Trinajstić information content (AvgIpc) is 2.26. The van der Waals surface area contributed by atoms with Crippen molar-refractivity contribution in [3.8, 4) is 0 Å². The van der Waals surface area contributed by atoms with Gasteiger partial charge in [-0.3, -0.25) is 9.69 Å². The molecule has 1 aromatic carbocycles. The van der Waals surface area contributed by atoms with E-state index in [9.17, 15) is 4.79 Å². The number of hydrogen-bond donors (Lipinski definition) is 2. The van der Waals surface area contributed by atoms with E-state index < -0.39 is 0 Å². The molecule has 0 saturated heterocycles. The molecule has 0 spiro atoms. The van der Waals surface area contributed by atoms with Gasteiger partial charge in [0.15, 0.2) is 0 Å². The monoisotopic (exact) mass is 221 g/mol. The molecule has 0 bridgehead atoms. The van der Waals surface area contributed by atoms with E-state index in [2.05, 4.69) is 0 Å². The SMILES string of the molecule is NCCCN(CC(N)=O)Cc1ccccc1. The maximum absolute atomic E-state index is 10.9. The second-order valence-electron chi connectivity index (χ2n) is 3.80. The van der Waals surface area contributed by atoms with Crippen molar-refractivity contribution in [2.75, 3.05) is 19.6 Å². The Kier molecular flexibility index (Phi) is 5.53. The molecule has 0 saturated carbocycles. The summed E-state index contributed by atoms with van der Waals surface area (Å²) >= 11 is 0. The van der Waals surface area contributed by atoms with Gasteiger partial charge in [0.1, 0.15) is 0 Å². The van der Waals surface area contributed by atoms with Crippen LogP contribution in [-0.2, 0) is 11.3 Å². The van der Waals surface area contributed by atoms with E-state index in [0.29, 0.717) is 6.54 Å². The van der Waals surface area contributed by atoms with Crippen molar-refractivity contribution in [1.29, 1.82) is 0 Å². The van der Waals surface area contributed by atoms with Crippen LogP contribution in [0.15, 0.2) is 30.3 Å². The van der Waals surface area contributed by atoms with Crippen LogP contribution in [0.1, 0.15) is 12.0 Å². The molecule has 0 unspecified atom stereocenters. The molecule has 16 heavy (non-hydrogen) atoms. The minimum Gasteiger partial charge on any atom is -0.369 e. The Morgan fingerprint density at radius 2 is 1.94 bits per heavy atom. The van der Waals surface area contributed by atoms with Crippen LogP contribution in [0.4, 0.5) is 0 Å². The molecule has 0 aliphatic rings. The van der Waals surface area contributed by atoms with Gasteiger partial charge in [-0.1, -0.05) is 30.3 Å². The van der Waals surface area contributed by atoms with Crippen molar-refractivity contribution >= 4 is 5.91 Å². The van der Waals surface area contributed by atoms with Gasteiger partial charge in [0.2, 0.25) is 5.91 Å². The maximum atomic E-state index is 10.9. The van der Waals surface area contributed by atoms with Crippen molar-refractivity contribution in [2.24, 2.45) is 11.5 Å². The van der Waals surface area contributed by atoms with E-state index in [0.717, 1.165) is 19.5 Å². The zero-order valence-electron chi connectivity index (χ0n) is 9.43. The molecular formula is C12H19N3O. The summed E-state index contributed by atoms with van der Waals surface area (Å²) in [4.78, 5) is 12.9. The standard InChI is InChI=1S/C12H19N3O/c13-7-4-8-15(10-12(14)16)9-11-5-2-1-3-6-11/h1-3,5-6H,4,7-10,13H2,(H2,14,16). The van der Waals surface area contributed by atoms with Crippen LogP contribution in [0.25, 0.3) is 0 Å². The van der Waals surface area contributed by atoms with E-state index in [1.54, 1.807) is 0 Å². The lowest BCUT2D eigenvalue weighted by Gasteiger charge is -2.20. The number of benzene rings is 1. The van der Waals surface area contributed by atoms with Gasteiger partial charge in [0.25, 0.3) is 0 Å². The fourth-order valence-corrected chi connectivity index (χ4v) is 1.59. The maximum Gasteiger partial charge on any atom is 0.231 e. The Balaban J connectivity index is 2.52. The van der Waals surface area contributed by atoms with Crippen LogP contribution in [0, 0.1) is 0 Å². The molecule has 4 heteroatoms. The molecule has 0 aliphatic heterocycles. The number of rotatable bonds is 7. The Morgan fingerprint density at radius 1 is 1.25 bits per heavy atom. The summed E-state index contributed by atoms with van der Waals surface area (Å²) in [5.74, 6) is -0.298. The van der Waals surface area contributed by atoms with E-state index in [1.165, 1.54) is 5.56 Å². The topological polar surface area (TPSA) is 72.3 Å². The highest BCUT2D eigenvalue weighted by atomic mass is 16.1. The molecule has 4 N–H and O–H groups in total. The fraction of sp³-hybridized carbons (Fsp3) is 0.417. The molecule has 4 nitrogen and oxygen atoms in total. The molecule has 1 rings (SSSR count). The van der Waals surface area contributed by atoms with E-state index >= 15 is 0 Å². The van der Waals surface area contributed by atoms with Gasteiger partial charge in [-0.15, -0.1) is 0 Å². The first-order valence-electron chi connectivity index (χ1n) is 5.47. The van der Waals surface area contributed by atoms with E-state index in [4.69, 9.17) is 11.5 Å². The van der Waals surface area contributed by atoms with Crippen LogP contribution in [0.2, 0.25) is 0 Å². The molecule has 0 fully saturated rings. The van der Waals surface area contributed by atoms with Crippen LogP contribution < -0.4 is 11.5 Å². The molecule has 0 radical (unpaired) electrons.